The van der Waals surface area contributed by atoms with E-state index in [1.807, 2.05) is 13.0 Å². The van der Waals surface area contributed by atoms with E-state index in [1.165, 1.54) is 19.1 Å². The molecule has 0 radical (unpaired) electrons. The van der Waals surface area contributed by atoms with Gasteiger partial charge in [0, 0.05) is 5.69 Å². The number of halogens is 2. The lowest BCUT2D eigenvalue weighted by molar-refractivity contribution is -0.119. The quantitative estimate of drug-likeness (QED) is 0.600. The maximum absolute atomic E-state index is 12.9. The fraction of sp³-hybridized carbons (Fsp3) is 0.200. The number of hydrogen-bond acceptors (Lipinski definition) is 6. The zero-order chi connectivity index (χ0) is 22.4. The number of imide groups is 1. The summed E-state index contributed by atoms with van der Waals surface area (Å²) in [5.74, 6) is -1.15. The number of nitrogens with zero attached hydrogens (tertiary/aromatic N) is 5. The van der Waals surface area contributed by atoms with E-state index in [1.54, 1.807) is 23.7 Å². The Morgan fingerprint density at radius 3 is 2.19 bits per heavy atom. The average molecular weight is 459 g/mol. The fourth-order valence-corrected chi connectivity index (χ4v) is 3.67. The van der Waals surface area contributed by atoms with Crippen LogP contribution in [0.3, 0.4) is 0 Å². The first-order valence-corrected chi connectivity index (χ1v) is 9.98. The standard InChI is InChI=1S/C20H16Cl2N6O3/c1-9-4-5-12(6-17(9)28-11(3)24-25-26-28)23-18(29)10(2)27-19(30)13-7-15(21)16(22)8-14(13)20(27)31/h4-8,10H,1-3H3,(H,23,29). The van der Waals surface area contributed by atoms with Crippen molar-refractivity contribution in [3.63, 3.8) is 0 Å². The number of rotatable bonds is 4. The highest BCUT2D eigenvalue weighted by atomic mass is 35.5. The summed E-state index contributed by atoms with van der Waals surface area (Å²) < 4.78 is 1.55. The minimum atomic E-state index is -1.07. The van der Waals surface area contributed by atoms with E-state index in [9.17, 15) is 14.4 Å². The van der Waals surface area contributed by atoms with E-state index < -0.39 is 23.8 Å². The zero-order valence-corrected chi connectivity index (χ0v) is 18.2. The highest BCUT2D eigenvalue weighted by molar-refractivity contribution is 6.43. The summed E-state index contributed by atoms with van der Waals surface area (Å²) in [6.07, 6.45) is 0. The van der Waals surface area contributed by atoms with E-state index in [0.717, 1.165) is 10.5 Å². The number of nitrogens with one attached hydrogen (secondary N) is 1. The predicted molar refractivity (Wildman–Crippen MR) is 114 cm³/mol. The largest absolute Gasteiger partial charge is 0.324 e. The van der Waals surface area contributed by atoms with E-state index >= 15 is 0 Å². The van der Waals surface area contributed by atoms with E-state index in [2.05, 4.69) is 20.8 Å². The summed E-state index contributed by atoms with van der Waals surface area (Å²) in [6.45, 7) is 5.12. The van der Waals surface area contributed by atoms with E-state index in [-0.39, 0.29) is 21.2 Å². The van der Waals surface area contributed by atoms with Gasteiger partial charge in [-0.1, -0.05) is 29.3 Å². The van der Waals surface area contributed by atoms with Crippen LogP contribution in [0.5, 0.6) is 0 Å². The molecule has 1 N–H and O–H groups in total. The highest BCUT2D eigenvalue weighted by Gasteiger charge is 2.41. The third kappa shape index (κ3) is 3.55. The van der Waals surface area contributed by atoms with Gasteiger partial charge in [0.2, 0.25) is 5.91 Å². The van der Waals surface area contributed by atoms with Crippen LogP contribution in [0, 0.1) is 13.8 Å². The maximum Gasteiger partial charge on any atom is 0.262 e. The number of benzene rings is 2. The lowest BCUT2D eigenvalue weighted by atomic mass is 10.1. The van der Waals surface area contributed by atoms with Crippen molar-refractivity contribution in [3.8, 4) is 5.69 Å². The molecule has 9 nitrogen and oxygen atoms in total. The van der Waals surface area contributed by atoms with Crippen LogP contribution in [-0.4, -0.2) is 48.9 Å². The Kier molecular flexibility index (Phi) is 5.24. The Morgan fingerprint density at radius 2 is 1.65 bits per heavy atom. The maximum atomic E-state index is 12.9. The Hall–Kier alpha value is -3.30. The fourth-order valence-electron chi connectivity index (χ4n) is 3.34. The summed E-state index contributed by atoms with van der Waals surface area (Å²) in [4.78, 5) is 39.3. The van der Waals surface area contributed by atoms with Crippen molar-refractivity contribution in [2.45, 2.75) is 26.8 Å². The molecule has 0 saturated heterocycles. The molecule has 0 spiro atoms. The molecule has 158 valence electrons. The van der Waals surface area contributed by atoms with Crippen LogP contribution in [0.15, 0.2) is 30.3 Å². The first-order valence-electron chi connectivity index (χ1n) is 9.23. The van der Waals surface area contributed by atoms with Crippen molar-refractivity contribution < 1.29 is 14.4 Å². The van der Waals surface area contributed by atoms with Crippen molar-refractivity contribution in [1.82, 2.24) is 25.1 Å². The Labute approximate surface area is 186 Å². The van der Waals surface area contributed by atoms with Gasteiger partial charge in [0.05, 0.1) is 26.9 Å². The topological polar surface area (TPSA) is 110 Å². The molecule has 0 fully saturated rings. The van der Waals surface area contributed by atoms with Gasteiger partial charge < -0.3 is 5.32 Å². The number of carbonyl (C=O) groups is 3. The normalized spacial score (nSPS) is 14.0. The number of aryl methyl sites for hydroxylation is 2. The molecule has 2 aromatic carbocycles. The molecule has 3 aromatic rings. The van der Waals surface area contributed by atoms with Crippen molar-refractivity contribution in [3.05, 3.63) is 62.9 Å². The minimum absolute atomic E-state index is 0.117. The Morgan fingerprint density at radius 1 is 1.03 bits per heavy atom. The molecule has 2 heterocycles. The second kappa shape index (κ2) is 7.75. The first kappa shape index (κ1) is 21.0. The summed E-state index contributed by atoms with van der Waals surface area (Å²) >= 11 is 11.9. The molecule has 1 aliphatic heterocycles. The first-order chi connectivity index (χ1) is 14.7. The van der Waals surface area contributed by atoms with E-state index in [0.29, 0.717) is 17.2 Å². The van der Waals surface area contributed by atoms with Gasteiger partial charge in [0.1, 0.15) is 6.04 Å². The third-order valence-corrected chi connectivity index (χ3v) is 5.78. The van der Waals surface area contributed by atoms with Crippen LogP contribution in [-0.2, 0) is 4.79 Å². The van der Waals surface area contributed by atoms with Gasteiger partial charge in [-0.15, -0.1) is 5.10 Å². The lowest BCUT2D eigenvalue weighted by Crippen LogP contribution is -2.45. The summed E-state index contributed by atoms with van der Waals surface area (Å²) in [7, 11) is 0. The number of tetrazole rings is 1. The van der Waals surface area contributed by atoms with Crippen LogP contribution in [0.2, 0.25) is 10.0 Å². The number of carbonyl (C=O) groups excluding carboxylic acids is 3. The monoisotopic (exact) mass is 458 g/mol. The van der Waals surface area contributed by atoms with E-state index in [4.69, 9.17) is 23.2 Å². The second-order valence-electron chi connectivity index (χ2n) is 7.10. The number of hydrogen-bond donors (Lipinski definition) is 1. The second-order valence-corrected chi connectivity index (χ2v) is 7.91. The molecule has 1 atom stereocenters. The summed E-state index contributed by atoms with van der Waals surface area (Å²) in [5.41, 5.74) is 2.29. The van der Waals surface area contributed by atoms with Crippen LogP contribution in [0.4, 0.5) is 5.69 Å². The molecule has 0 aliphatic carbocycles. The molecular formula is C20H16Cl2N6O3. The van der Waals surface area contributed by atoms with Gasteiger partial charge in [0.15, 0.2) is 5.82 Å². The summed E-state index contributed by atoms with van der Waals surface area (Å²) in [6, 6.07) is 6.85. The predicted octanol–water partition coefficient (Wildman–Crippen LogP) is 3.21. The van der Waals surface area contributed by atoms with Crippen molar-refractivity contribution >= 4 is 46.6 Å². The van der Waals surface area contributed by atoms with Gasteiger partial charge in [-0.05, 0) is 61.0 Å². The SMILES string of the molecule is Cc1ccc(NC(=O)C(C)N2C(=O)c3cc(Cl)c(Cl)cc3C2=O)cc1-n1nnnc1C. The number of amides is 3. The molecule has 11 heteroatoms. The molecular weight excluding hydrogens is 443 g/mol. The molecule has 4 rings (SSSR count). The molecule has 0 bridgehead atoms. The lowest BCUT2D eigenvalue weighted by Gasteiger charge is -2.22. The number of fused-ring (bicyclic) bond motifs is 1. The number of anilines is 1. The number of aromatic nitrogens is 4. The van der Waals surface area contributed by atoms with Crippen LogP contribution < -0.4 is 5.32 Å². The molecule has 1 unspecified atom stereocenters. The zero-order valence-electron chi connectivity index (χ0n) is 16.7. The Balaban J connectivity index is 1.58. The smallest absolute Gasteiger partial charge is 0.262 e. The van der Waals surface area contributed by atoms with Crippen molar-refractivity contribution in [2.24, 2.45) is 0 Å². The van der Waals surface area contributed by atoms with Gasteiger partial charge in [-0.3, -0.25) is 19.3 Å². The Bertz CT molecular complexity index is 1210. The van der Waals surface area contributed by atoms with Crippen molar-refractivity contribution in [2.75, 3.05) is 5.32 Å². The molecule has 0 saturated carbocycles. The van der Waals surface area contributed by atoms with Gasteiger partial charge in [-0.2, -0.15) is 4.68 Å². The van der Waals surface area contributed by atoms with Gasteiger partial charge in [0.25, 0.3) is 11.8 Å². The molecule has 3 amide bonds. The van der Waals surface area contributed by atoms with Crippen LogP contribution in [0.25, 0.3) is 5.69 Å². The molecule has 1 aliphatic rings. The van der Waals surface area contributed by atoms with Gasteiger partial charge >= 0.3 is 0 Å². The third-order valence-electron chi connectivity index (χ3n) is 5.06. The van der Waals surface area contributed by atoms with Gasteiger partial charge in [-0.25, -0.2) is 0 Å². The molecule has 1 aromatic heterocycles. The average Bonchev–Trinajstić information content (AvgIpc) is 3.25. The highest BCUT2D eigenvalue weighted by Crippen LogP contribution is 2.32. The van der Waals surface area contributed by atoms with Crippen LogP contribution >= 0.6 is 23.2 Å². The minimum Gasteiger partial charge on any atom is -0.324 e. The summed E-state index contributed by atoms with van der Waals surface area (Å²) in [5, 5.41) is 14.5. The molecule has 31 heavy (non-hydrogen) atoms. The van der Waals surface area contributed by atoms with Crippen LogP contribution in [0.1, 0.15) is 39.0 Å². The van der Waals surface area contributed by atoms with Crippen molar-refractivity contribution in [1.29, 1.82) is 0 Å².